The number of aromatic amines is 1. The summed E-state index contributed by atoms with van der Waals surface area (Å²) < 4.78 is 0. The summed E-state index contributed by atoms with van der Waals surface area (Å²) in [6.45, 7) is 0. The smallest absolute Gasteiger partial charge is 0.260 e. The molecule has 0 saturated carbocycles. The SMILES string of the molecule is NC(=O)c1cc(-c2ccc3ccccc3n2)c[nH]c1=O. The van der Waals surface area contributed by atoms with Crippen LogP contribution in [-0.2, 0) is 0 Å². The maximum absolute atomic E-state index is 11.5. The molecule has 0 aliphatic rings. The zero-order valence-corrected chi connectivity index (χ0v) is 10.5. The average molecular weight is 265 g/mol. The number of hydrogen-bond donors (Lipinski definition) is 2. The summed E-state index contributed by atoms with van der Waals surface area (Å²) >= 11 is 0. The van der Waals surface area contributed by atoms with Gasteiger partial charge in [-0.25, -0.2) is 4.98 Å². The van der Waals surface area contributed by atoms with Crippen molar-refractivity contribution < 1.29 is 4.79 Å². The lowest BCUT2D eigenvalue weighted by molar-refractivity contribution is 0.0999. The van der Waals surface area contributed by atoms with E-state index in [0.29, 0.717) is 11.3 Å². The summed E-state index contributed by atoms with van der Waals surface area (Å²) in [6, 6.07) is 12.9. The molecule has 0 aliphatic carbocycles. The molecule has 0 bridgehead atoms. The van der Waals surface area contributed by atoms with E-state index in [2.05, 4.69) is 9.97 Å². The molecule has 1 amide bonds. The lowest BCUT2D eigenvalue weighted by Crippen LogP contribution is -2.23. The number of carbonyl (C=O) groups excluding carboxylic acids is 1. The Balaban J connectivity index is 2.18. The van der Waals surface area contributed by atoms with Gasteiger partial charge in [-0.05, 0) is 18.2 Å². The minimum Gasteiger partial charge on any atom is -0.365 e. The van der Waals surface area contributed by atoms with Gasteiger partial charge < -0.3 is 10.7 Å². The van der Waals surface area contributed by atoms with E-state index in [0.717, 1.165) is 10.9 Å². The van der Waals surface area contributed by atoms with Gasteiger partial charge in [0.05, 0.1) is 11.2 Å². The molecular formula is C15H11N3O2. The third-order valence-electron chi connectivity index (χ3n) is 3.06. The molecule has 3 aromatic rings. The Bertz CT molecular complexity index is 868. The van der Waals surface area contributed by atoms with Crippen molar-refractivity contribution in [1.82, 2.24) is 9.97 Å². The minimum atomic E-state index is -0.756. The van der Waals surface area contributed by atoms with Gasteiger partial charge in [0.1, 0.15) is 5.56 Å². The van der Waals surface area contributed by atoms with Crippen molar-refractivity contribution in [2.45, 2.75) is 0 Å². The van der Waals surface area contributed by atoms with E-state index in [1.165, 1.54) is 12.3 Å². The number of aromatic nitrogens is 2. The van der Waals surface area contributed by atoms with Crippen molar-refractivity contribution in [2.75, 3.05) is 0 Å². The van der Waals surface area contributed by atoms with Crippen LogP contribution in [0, 0.1) is 0 Å². The fourth-order valence-corrected chi connectivity index (χ4v) is 2.04. The number of rotatable bonds is 2. The van der Waals surface area contributed by atoms with Crippen molar-refractivity contribution in [2.24, 2.45) is 5.73 Å². The van der Waals surface area contributed by atoms with Gasteiger partial charge in [0.15, 0.2) is 0 Å². The zero-order chi connectivity index (χ0) is 14.1. The highest BCUT2D eigenvalue weighted by Gasteiger charge is 2.09. The second-order valence-electron chi connectivity index (χ2n) is 4.38. The molecule has 98 valence electrons. The lowest BCUT2D eigenvalue weighted by atomic mass is 10.1. The van der Waals surface area contributed by atoms with Gasteiger partial charge in [-0.15, -0.1) is 0 Å². The van der Waals surface area contributed by atoms with Crippen LogP contribution < -0.4 is 11.3 Å². The first-order valence-corrected chi connectivity index (χ1v) is 6.04. The molecule has 2 heterocycles. The summed E-state index contributed by atoms with van der Waals surface area (Å²) in [5, 5.41) is 1.02. The first-order chi connectivity index (χ1) is 9.65. The topological polar surface area (TPSA) is 88.8 Å². The Morgan fingerprint density at radius 2 is 1.95 bits per heavy atom. The predicted molar refractivity (Wildman–Crippen MR) is 76.3 cm³/mol. The van der Waals surface area contributed by atoms with Gasteiger partial charge in [-0.1, -0.05) is 24.3 Å². The lowest BCUT2D eigenvalue weighted by Gasteiger charge is -2.04. The molecule has 2 aromatic heterocycles. The van der Waals surface area contributed by atoms with Crippen molar-refractivity contribution in [3.8, 4) is 11.3 Å². The molecule has 1 aromatic carbocycles. The minimum absolute atomic E-state index is 0.0718. The highest BCUT2D eigenvalue weighted by atomic mass is 16.2. The molecule has 5 heteroatoms. The molecule has 0 radical (unpaired) electrons. The van der Waals surface area contributed by atoms with Gasteiger partial charge in [-0.3, -0.25) is 9.59 Å². The third-order valence-corrected chi connectivity index (χ3v) is 3.06. The van der Waals surface area contributed by atoms with E-state index < -0.39 is 11.5 Å². The maximum atomic E-state index is 11.5. The van der Waals surface area contributed by atoms with Crippen LogP contribution in [-0.4, -0.2) is 15.9 Å². The molecule has 0 unspecified atom stereocenters. The molecule has 0 saturated heterocycles. The number of nitrogens with two attached hydrogens (primary N) is 1. The van der Waals surface area contributed by atoms with Crippen LogP contribution in [0.2, 0.25) is 0 Å². The van der Waals surface area contributed by atoms with Crippen molar-refractivity contribution in [3.05, 3.63) is 64.6 Å². The van der Waals surface area contributed by atoms with E-state index in [4.69, 9.17) is 5.73 Å². The molecule has 0 aliphatic heterocycles. The summed E-state index contributed by atoms with van der Waals surface area (Å²) in [6.07, 6.45) is 1.52. The Morgan fingerprint density at radius 3 is 2.75 bits per heavy atom. The normalized spacial score (nSPS) is 10.6. The van der Waals surface area contributed by atoms with Crippen molar-refractivity contribution in [3.63, 3.8) is 0 Å². The van der Waals surface area contributed by atoms with Gasteiger partial charge in [0, 0.05) is 17.1 Å². The number of hydrogen-bond acceptors (Lipinski definition) is 3. The van der Waals surface area contributed by atoms with Gasteiger partial charge in [-0.2, -0.15) is 0 Å². The van der Waals surface area contributed by atoms with Crippen molar-refractivity contribution in [1.29, 1.82) is 0 Å². The van der Waals surface area contributed by atoms with Crippen LogP contribution in [0.5, 0.6) is 0 Å². The number of pyridine rings is 2. The number of fused-ring (bicyclic) bond motifs is 1. The average Bonchev–Trinajstić information content (AvgIpc) is 2.47. The summed E-state index contributed by atoms with van der Waals surface area (Å²) in [4.78, 5) is 29.7. The molecule has 5 nitrogen and oxygen atoms in total. The predicted octanol–water partition coefficient (Wildman–Crippen LogP) is 1.69. The van der Waals surface area contributed by atoms with Crippen LogP contribution in [0.3, 0.4) is 0 Å². The Kier molecular flexibility index (Phi) is 2.80. The van der Waals surface area contributed by atoms with E-state index in [-0.39, 0.29) is 5.56 Å². The third kappa shape index (κ3) is 2.05. The van der Waals surface area contributed by atoms with Crippen LogP contribution in [0.25, 0.3) is 22.2 Å². The van der Waals surface area contributed by atoms with E-state index >= 15 is 0 Å². The van der Waals surface area contributed by atoms with Crippen LogP contribution in [0.1, 0.15) is 10.4 Å². The first kappa shape index (κ1) is 12.1. The second-order valence-corrected chi connectivity index (χ2v) is 4.38. The van der Waals surface area contributed by atoms with E-state index in [9.17, 15) is 9.59 Å². The van der Waals surface area contributed by atoms with E-state index in [1.807, 2.05) is 36.4 Å². The number of benzene rings is 1. The number of para-hydroxylation sites is 1. The highest BCUT2D eigenvalue weighted by molar-refractivity contribution is 5.93. The Morgan fingerprint density at radius 1 is 1.15 bits per heavy atom. The number of H-pyrrole nitrogens is 1. The second kappa shape index (κ2) is 4.62. The van der Waals surface area contributed by atoms with Crippen LogP contribution in [0.4, 0.5) is 0 Å². The van der Waals surface area contributed by atoms with Gasteiger partial charge in [0.2, 0.25) is 0 Å². The van der Waals surface area contributed by atoms with Crippen molar-refractivity contribution >= 4 is 16.8 Å². The Hall–Kier alpha value is -2.95. The largest absolute Gasteiger partial charge is 0.365 e. The summed E-state index contributed by atoms with van der Waals surface area (Å²) in [7, 11) is 0. The molecule has 0 fully saturated rings. The maximum Gasteiger partial charge on any atom is 0.260 e. The number of nitrogens with one attached hydrogen (secondary N) is 1. The van der Waals surface area contributed by atoms with Gasteiger partial charge >= 0.3 is 0 Å². The number of carbonyl (C=O) groups is 1. The molecular weight excluding hydrogens is 254 g/mol. The summed E-state index contributed by atoms with van der Waals surface area (Å²) in [5.74, 6) is -0.756. The fourth-order valence-electron chi connectivity index (χ4n) is 2.04. The molecule has 3 N–H and O–H groups in total. The van der Waals surface area contributed by atoms with Gasteiger partial charge in [0.25, 0.3) is 11.5 Å². The van der Waals surface area contributed by atoms with E-state index in [1.54, 1.807) is 0 Å². The molecule has 3 rings (SSSR count). The number of amides is 1. The number of primary amides is 1. The zero-order valence-electron chi connectivity index (χ0n) is 10.5. The highest BCUT2D eigenvalue weighted by Crippen LogP contribution is 2.20. The number of nitrogens with zero attached hydrogens (tertiary/aromatic N) is 1. The molecule has 0 atom stereocenters. The quantitative estimate of drug-likeness (QED) is 0.739. The molecule has 20 heavy (non-hydrogen) atoms. The fraction of sp³-hybridized carbons (Fsp3) is 0. The first-order valence-electron chi connectivity index (χ1n) is 6.04. The summed E-state index contributed by atoms with van der Waals surface area (Å²) in [5.41, 5.74) is 6.76. The van der Waals surface area contributed by atoms with Crippen LogP contribution >= 0.6 is 0 Å². The van der Waals surface area contributed by atoms with Crippen LogP contribution in [0.15, 0.2) is 53.5 Å². The standard InChI is InChI=1S/C15H11N3O2/c16-14(19)11-7-10(8-17-15(11)20)13-6-5-9-3-1-2-4-12(9)18-13/h1-8H,(H2,16,19)(H,17,20). The molecule has 0 spiro atoms. The monoisotopic (exact) mass is 265 g/mol. The Labute approximate surface area is 114 Å².